The molecule has 4 aliphatic carbocycles. The smallest absolute Gasteiger partial charge is 0.303 e. The molecule has 0 radical (unpaired) electrons. The van der Waals surface area contributed by atoms with Gasteiger partial charge >= 0.3 is 11.9 Å². The predicted molar refractivity (Wildman–Crippen MR) is 106 cm³/mol. The van der Waals surface area contributed by atoms with Crippen molar-refractivity contribution < 1.29 is 29.3 Å². The maximum atomic E-state index is 11.8. The van der Waals surface area contributed by atoms with Crippen LogP contribution < -0.4 is 0 Å². The fraction of sp³-hybridized carbons (Fsp3) is 0.826. The summed E-state index contributed by atoms with van der Waals surface area (Å²) in [5.74, 6) is -0.151. The van der Waals surface area contributed by atoms with E-state index in [1.807, 2.05) is 6.08 Å². The Hall–Kier alpha value is -1.40. The van der Waals surface area contributed by atoms with Crippen molar-refractivity contribution in [1.29, 1.82) is 0 Å². The molecule has 4 rings (SSSR count). The van der Waals surface area contributed by atoms with Crippen LogP contribution in [0.15, 0.2) is 11.6 Å². The molecule has 4 aliphatic rings. The van der Waals surface area contributed by atoms with Gasteiger partial charge in [-0.1, -0.05) is 19.9 Å². The minimum absolute atomic E-state index is 0.0999. The van der Waals surface area contributed by atoms with Gasteiger partial charge in [0, 0.05) is 13.8 Å². The molecule has 0 aliphatic heterocycles. The molecule has 162 valence electrons. The van der Waals surface area contributed by atoms with Crippen LogP contribution in [0.3, 0.4) is 0 Å². The van der Waals surface area contributed by atoms with Crippen LogP contribution in [0.5, 0.6) is 0 Å². The van der Waals surface area contributed by atoms with Crippen molar-refractivity contribution in [3.8, 4) is 0 Å². The highest BCUT2D eigenvalue weighted by Gasteiger charge is 2.62. The molecular formula is C23H34O6. The molecule has 0 saturated heterocycles. The summed E-state index contributed by atoms with van der Waals surface area (Å²) in [5.41, 5.74) is 0.560. The van der Waals surface area contributed by atoms with Gasteiger partial charge in [0.05, 0.1) is 12.2 Å². The lowest BCUT2D eigenvalue weighted by Gasteiger charge is -2.59. The summed E-state index contributed by atoms with van der Waals surface area (Å²) in [6.07, 6.45) is 4.86. The van der Waals surface area contributed by atoms with E-state index < -0.39 is 24.3 Å². The molecule has 0 bridgehead atoms. The standard InChI is InChI=1S/C23H34O6/c1-12(24)28-18-8-10-22(3)15-7-9-23(4)14(5-6-19(23)27)20(15)17(26)11-16(22)21(18)29-13(2)25/h11,14-15,17-21,26-27H,5-10H2,1-4H3/t14-,15+,17?,18?,19?,20-,21?,22+,23-/m0/s1. The van der Waals surface area contributed by atoms with Crippen molar-refractivity contribution in [3.63, 3.8) is 0 Å². The van der Waals surface area contributed by atoms with E-state index in [0.29, 0.717) is 12.3 Å². The van der Waals surface area contributed by atoms with Crippen LogP contribution in [0, 0.1) is 28.6 Å². The molecule has 0 aromatic rings. The fourth-order valence-electron chi connectivity index (χ4n) is 7.28. The number of hydrogen-bond acceptors (Lipinski definition) is 6. The van der Waals surface area contributed by atoms with Gasteiger partial charge in [0.25, 0.3) is 0 Å². The van der Waals surface area contributed by atoms with Crippen molar-refractivity contribution >= 4 is 11.9 Å². The summed E-state index contributed by atoms with van der Waals surface area (Å²) in [6.45, 7) is 7.13. The van der Waals surface area contributed by atoms with E-state index in [-0.39, 0.29) is 34.7 Å². The van der Waals surface area contributed by atoms with Crippen molar-refractivity contribution in [2.45, 2.75) is 90.6 Å². The lowest BCUT2D eigenvalue weighted by atomic mass is 9.47. The van der Waals surface area contributed by atoms with Gasteiger partial charge in [0.15, 0.2) is 6.10 Å². The summed E-state index contributed by atoms with van der Waals surface area (Å²) in [4.78, 5) is 23.4. The first kappa shape index (κ1) is 20.9. The van der Waals surface area contributed by atoms with Gasteiger partial charge in [0.1, 0.15) is 6.10 Å². The highest BCUT2D eigenvalue weighted by atomic mass is 16.6. The van der Waals surface area contributed by atoms with E-state index in [1.165, 1.54) is 13.8 Å². The van der Waals surface area contributed by atoms with Gasteiger partial charge in [-0.3, -0.25) is 9.59 Å². The topological polar surface area (TPSA) is 93.1 Å². The summed E-state index contributed by atoms with van der Waals surface area (Å²) in [6, 6.07) is 0. The van der Waals surface area contributed by atoms with Gasteiger partial charge in [-0.15, -0.1) is 0 Å². The second-order valence-electron chi connectivity index (χ2n) is 10.2. The molecule has 3 fully saturated rings. The zero-order valence-corrected chi connectivity index (χ0v) is 17.9. The van der Waals surface area contributed by atoms with Crippen molar-refractivity contribution in [3.05, 3.63) is 11.6 Å². The molecule has 0 heterocycles. The van der Waals surface area contributed by atoms with Crippen LogP contribution in [-0.4, -0.2) is 46.6 Å². The second kappa shape index (κ2) is 7.09. The molecule has 0 amide bonds. The third kappa shape index (κ3) is 3.14. The lowest BCUT2D eigenvalue weighted by molar-refractivity contribution is -0.172. The fourth-order valence-corrected chi connectivity index (χ4v) is 7.28. The molecule has 6 heteroatoms. The van der Waals surface area contributed by atoms with Gasteiger partial charge in [0.2, 0.25) is 0 Å². The maximum absolute atomic E-state index is 11.8. The van der Waals surface area contributed by atoms with Crippen LogP contribution in [0.4, 0.5) is 0 Å². The van der Waals surface area contributed by atoms with Gasteiger partial charge in [-0.25, -0.2) is 0 Å². The average Bonchev–Trinajstić information content (AvgIpc) is 2.93. The van der Waals surface area contributed by atoms with E-state index in [4.69, 9.17) is 9.47 Å². The average molecular weight is 407 g/mol. The molecular weight excluding hydrogens is 372 g/mol. The van der Waals surface area contributed by atoms with Crippen LogP contribution >= 0.6 is 0 Å². The van der Waals surface area contributed by atoms with Crippen LogP contribution in [0.2, 0.25) is 0 Å². The highest BCUT2D eigenvalue weighted by molar-refractivity contribution is 5.68. The van der Waals surface area contributed by atoms with E-state index in [9.17, 15) is 19.8 Å². The third-order valence-electron chi connectivity index (χ3n) is 8.71. The summed E-state index contributed by atoms with van der Waals surface area (Å²) < 4.78 is 11.2. The van der Waals surface area contributed by atoms with Gasteiger partial charge in [-0.2, -0.15) is 0 Å². The first-order chi connectivity index (χ1) is 13.6. The number of hydrogen-bond donors (Lipinski definition) is 2. The Morgan fingerprint density at radius 3 is 2.31 bits per heavy atom. The zero-order valence-electron chi connectivity index (χ0n) is 17.9. The molecule has 4 unspecified atom stereocenters. The number of fused-ring (bicyclic) bond motifs is 5. The molecule has 6 nitrogen and oxygen atoms in total. The Morgan fingerprint density at radius 1 is 0.966 bits per heavy atom. The number of esters is 2. The Kier molecular flexibility index (Phi) is 5.10. The summed E-state index contributed by atoms with van der Waals surface area (Å²) in [5, 5.41) is 21.8. The number of aliphatic hydroxyl groups is 2. The Morgan fingerprint density at radius 2 is 1.66 bits per heavy atom. The first-order valence-electron chi connectivity index (χ1n) is 11.0. The molecule has 0 spiro atoms. The Balaban J connectivity index is 1.72. The van der Waals surface area contributed by atoms with E-state index in [1.54, 1.807) is 0 Å². The first-order valence-corrected chi connectivity index (χ1v) is 11.0. The van der Waals surface area contributed by atoms with Gasteiger partial charge in [-0.05, 0) is 72.7 Å². The van der Waals surface area contributed by atoms with Crippen molar-refractivity contribution in [2.75, 3.05) is 0 Å². The highest BCUT2D eigenvalue weighted by Crippen LogP contribution is 2.65. The number of ether oxygens (including phenoxy) is 2. The summed E-state index contributed by atoms with van der Waals surface area (Å²) in [7, 11) is 0. The van der Waals surface area contributed by atoms with Crippen molar-refractivity contribution in [1.82, 2.24) is 0 Å². The molecule has 2 N–H and O–H groups in total. The Bertz CT molecular complexity index is 731. The van der Waals surface area contributed by atoms with Crippen LogP contribution in [0.1, 0.15) is 66.2 Å². The molecule has 29 heavy (non-hydrogen) atoms. The SMILES string of the molecule is CC(=O)OC1CC[C@@]2(C)C(=CC(O)[C@@H]3[C@H]2CC[C@]2(C)C(O)CC[C@@H]32)C1OC(C)=O. The van der Waals surface area contributed by atoms with Crippen LogP contribution in [0.25, 0.3) is 0 Å². The largest absolute Gasteiger partial charge is 0.458 e. The molecule has 3 saturated carbocycles. The zero-order chi connectivity index (χ0) is 21.1. The van der Waals surface area contributed by atoms with E-state index in [2.05, 4.69) is 13.8 Å². The number of aliphatic hydroxyl groups excluding tert-OH is 2. The third-order valence-corrected chi connectivity index (χ3v) is 8.71. The predicted octanol–water partition coefficient (Wildman–Crippen LogP) is 2.75. The van der Waals surface area contributed by atoms with E-state index >= 15 is 0 Å². The summed E-state index contributed by atoms with van der Waals surface area (Å²) >= 11 is 0. The Labute approximate surface area is 172 Å². The minimum Gasteiger partial charge on any atom is -0.458 e. The quantitative estimate of drug-likeness (QED) is 0.541. The van der Waals surface area contributed by atoms with Crippen molar-refractivity contribution in [2.24, 2.45) is 28.6 Å². The normalized spacial score (nSPS) is 48.6. The number of carbonyl (C=O) groups is 2. The molecule has 0 aromatic carbocycles. The van der Waals surface area contributed by atoms with E-state index in [0.717, 1.165) is 37.7 Å². The second-order valence-corrected chi connectivity index (χ2v) is 10.2. The monoisotopic (exact) mass is 406 g/mol. The lowest BCUT2D eigenvalue weighted by Crippen LogP contribution is -2.58. The number of carbonyl (C=O) groups excluding carboxylic acids is 2. The number of rotatable bonds is 2. The van der Waals surface area contributed by atoms with Gasteiger partial charge < -0.3 is 19.7 Å². The van der Waals surface area contributed by atoms with Crippen LogP contribution in [-0.2, 0) is 19.1 Å². The minimum atomic E-state index is -0.646. The molecule has 9 atom stereocenters. The molecule has 0 aromatic heterocycles. The maximum Gasteiger partial charge on any atom is 0.303 e.